The summed E-state index contributed by atoms with van der Waals surface area (Å²) < 4.78 is 15.5. The summed E-state index contributed by atoms with van der Waals surface area (Å²) in [6.07, 6.45) is 0. The normalized spacial score (nSPS) is 9.88. The second-order valence-corrected chi connectivity index (χ2v) is 5.00. The van der Waals surface area contributed by atoms with E-state index in [4.69, 9.17) is 14.2 Å². The van der Waals surface area contributed by atoms with Crippen LogP contribution in [0.2, 0.25) is 0 Å². The molecule has 0 aliphatic rings. The fourth-order valence-electron chi connectivity index (χ4n) is 2.18. The highest BCUT2D eigenvalue weighted by Gasteiger charge is 2.14. The summed E-state index contributed by atoms with van der Waals surface area (Å²) in [7, 11) is 4.52. The molecule has 0 atom stereocenters. The van der Waals surface area contributed by atoms with Crippen molar-refractivity contribution in [2.45, 2.75) is 0 Å². The second kappa shape index (κ2) is 8.58. The Morgan fingerprint density at radius 2 is 1.64 bits per heavy atom. The Bertz CT molecular complexity index is 761. The molecule has 2 N–H and O–H groups in total. The first-order valence-corrected chi connectivity index (χ1v) is 7.52. The van der Waals surface area contributed by atoms with Gasteiger partial charge < -0.3 is 24.8 Å². The molecule has 7 nitrogen and oxygen atoms in total. The van der Waals surface area contributed by atoms with E-state index in [1.165, 1.54) is 14.2 Å². The van der Waals surface area contributed by atoms with E-state index >= 15 is 0 Å². The fraction of sp³-hybridized carbons (Fsp3) is 0.222. The summed E-state index contributed by atoms with van der Waals surface area (Å²) in [4.78, 5) is 24.3. The van der Waals surface area contributed by atoms with Gasteiger partial charge in [-0.15, -0.1) is 0 Å². The van der Waals surface area contributed by atoms with E-state index in [9.17, 15) is 9.59 Å². The second-order valence-electron chi connectivity index (χ2n) is 5.00. The Morgan fingerprint density at radius 3 is 2.32 bits per heavy atom. The van der Waals surface area contributed by atoms with Gasteiger partial charge >= 0.3 is 0 Å². The zero-order valence-corrected chi connectivity index (χ0v) is 14.3. The zero-order valence-electron chi connectivity index (χ0n) is 14.3. The summed E-state index contributed by atoms with van der Waals surface area (Å²) in [5.41, 5.74) is 0.847. The third kappa shape index (κ3) is 4.63. The predicted molar refractivity (Wildman–Crippen MR) is 93.5 cm³/mol. The first-order chi connectivity index (χ1) is 12.1. The van der Waals surface area contributed by atoms with E-state index in [1.807, 2.05) is 0 Å². The van der Waals surface area contributed by atoms with E-state index in [-0.39, 0.29) is 12.5 Å². The molecule has 0 aromatic heterocycles. The maximum Gasteiger partial charge on any atom is 0.255 e. The number of rotatable bonds is 7. The zero-order chi connectivity index (χ0) is 18.2. The van der Waals surface area contributed by atoms with E-state index in [0.29, 0.717) is 28.5 Å². The van der Waals surface area contributed by atoms with Gasteiger partial charge in [-0.2, -0.15) is 0 Å². The summed E-state index contributed by atoms with van der Waals surface area (Å²) in [5.74, 6) is 0.737. The van der Waals surface area contributed by atoms with Crippen molar-refractivity contribution in [3.63, 3.8) is 0 Å². The van der Waals surface area contributed by atoms with Gasteiger partial charge in [0.1, 0.15) is 17.2 Å². The van der Waals surface area contributed by atoms with Crippen LogP contribution in [0, 0.1) is 0 Å². The van der Waals surface area contributed by atoms with Crippen LogP contribution >= 0.6 is 0 Å². The molecule has 0 radical (unpaired) electrons. The van der Waals surface area contributed by atoms with Crippen LogP contribution in [-0.4, -0.2) is 39.7 Å². The Kier molecular flexibility index (Phi) is 6.22. The molecule has 0 aliphatic carbocycles. The number of carbonyl (C=O) groups is 2. The Hall–Kier alpha value is -3.22. The van der Waals surface area contributed by atoms with Crippen LogP contribution in [0.4, 0.5) is 5.69 Å². The van der Waals surface area contributed by atoms with Crippen molar-refractivity contribution in [3.05, 3.63) is 48.0 Å². The Labute approximate surface area is 145 Å². The number of nitrogens with one attached hydrogen (secondary N) is 2. The molecule has 0 heterocycles. The van der Waals surface area contributed by atoms with Crippen LogP contribution in [-0.2, 0) is 4.79 Å². The van der Waals surface area contributed by atoms with Gasteiger partial charge in [-0.05, 0) is 24.3 Å². The van der Waals surface area contributed by atoms with Gasteiger partial charge in [0.15, 0.2) is 0 Å². The lowest BCUT2D eigenvalue weighted by Gasteiger charge is -2.12. The summed E-state index contributed by atoms with van der Waals surface area (Å²) in [6.45, 7) is -0.188. The minimum Gasteiger partial charge on any atom is -0.497 e. The molecular weight excluding hydrogens is 324 g/mol. The van der Waals surface area contributed by atoms with Crippen molar-refractivity contribution < 1.29 is 23.8 Å². The highest BCUT2D eigenvalue weighted by Crippen LogP contribution is 2.28. The van der Waals surface area contributed by atoms with E-state index in [1.54, 1.807) is 49.6 Å². The highest BCUT2D eigenvalue weighted by atomic mass is 16.5. The van der Waals surface area contributed by atoms with Crippen molar-refractivity contribution in [1.82, 2.24) is 5.32 Å². The van der Waals surface area contributed by atoms with Crippen molar-refractivity contribution in [1.29, 1.82) is 0 Å². The smallest absolute Gasteiger partial charge is 0.255 e. The predicted octanol–water partition coefficient (Wildman–Crippen LogP) is 2.08. The van der Waals surface area contributed by atoms with E-state index in [2.05, 4.69) is 10.6 Å². The summed E-state index contributed by atoms with van der Waals surface area (Å²) in [6, 6.07) is 11.8. The minimum absolute atomic E-state index is 0.188. The first kappa shape index (κ1) is 18.1. The van der Waals surface area contributed by atoms with Crippen LogP contribution < -0.4 is 24.8 Å². The van der Waals surface area contributed by atoms with Crippen molar-refractivity contribution in [2.24, 2.45) is 0 Å². The Morgan fingerprint density at radius 1 is 0.920 bits per heavy atom. The molecule has 2 amide bonds. The molecule has 2 aromatic carbocycles. The molecule has 2 aromatic rings. The lowest BCUT2D eigenvalue weighted by Crippen LogP contribution is -2.33. The standard InChI is InChI=1S/C18H20N2O5/c1-23-12-8-9-14(16(10-12)25-3)20-17(21)11-19-18(22)13-6-4-5-7-15(13)24-2/h4-10H,11H2,1-3H3,(H,19,22)(H,20,21). The lowest BCUT2D eigenvalue weighted by atomic mass is 10.2. The monoisotopic (exact) mass is 344 g/mol. The average molecular weight is 344 g/mol. The molecule has 0 unspecified atom stereocenters. The topological polar surface area (TPSA) is 85.9 Å². The first-order valence-electron chi connectivity index (χ1n) is 7.52. The minimum atomic E-state index is -0.394. The quantitative estimate of drug-likeness (QED) is 0.803. The molecular formula is C18H20N2O5. The number of benzene rings is 2. The summed E-state index contributed by atoms with van der Waals surface area (Å²) >= 11 is 0. The van der Waals surface area contributed by atoms with E-state index < -0.39 is 5.91 Å². The van der Waals surface area contributed by atoms with Crippen LogP contribution in [0.1, 0.15) is 10.4 Å². The molecule has 0 fully saturated rings. The number of anilines is 1. The van der Waals surface area contributed by atoms with E-state index in [0.717, 1.165) is 0 Å². The highest BCUT2D eigenvalue weighted by molar-refractivity contribution is 6.01. The molecule has 0 saturated carbocycles. The van der Waals surface area contributed by atoms with Gasteiger partial charge in [-0.1, -0.05) is 12.1 Å². The molecule has 2 rings (SSSR count). The number of carbonyl (C=O) groups excluding carboxylic acids is 2. The van der Waals surface area contributed by atoms with Gasteiger partial charge in [0.2, 0.25) is 5.91 Å². The van der Waals surface area contributed by atoms with Crippen LogP contribution in [0.25, 0.3) is 0 Å². The van der Waals surface area contributed by atoms with Gasteiger partial charge in [-0.25, -0.2) is 0 Å². The number of ether oxygens (including phenoxy) is 3. The van der Waals surface area contributed by atoms with Crippen molar-refractivity contribution in [3.8, 4) is 17.2 Å². The third-order valence-corrected chi connectivity index (χ3v) is 3.44. The molecule has 0 aliphatic heterocycles. The number of hydrogen-bond donors (Lipinski definition) is 2. The molecule has 0 saturated heterocycles. The van der Waals surface area contributed by atoms with Crippen LogP contribution in [0.3, 0.4) is 0 Å². The molecule has 25 heavy (non-hydrogen) atoms. The molecule has 132 valence electrons. The molecule has 7 heteroatoms. The van der Waals surface area contributed by atoms with Crippen molar-refractivity contribution in [2.75, 3.05) is 33.2 Å². The number of methoxy groups -OCH3 is 3. The van der Waals surface area contributed by atoms with Crippen molar-refractivity contribution >= 4 is 17.5 Å². The summed E-state index contributed by atoms with van der Waals surface area (Å²) in [5, 5.41) is 5.24. The number of amides is 2. The fourth-order valence-corrected chi connectivity index (χ4v) is 2.18. The average Bonchev–Trinajstić information content (AvgIpc) is 2.66. The molecule has 0 bridgehead atoms. The maximum atomic E-state index is 12.2. The number of hydrogen-bond acceptors (Lipinski definition) is 5. The largest absolute Gasteiger partial charge is 0.497 e. The van der Waals surface area contributed by atoms with Gasteiger partial charge in [-0.3, -0.25) is 9.59 Å². The van der Waals surface area contributed by atoms with Gasteiger partial charge in [0.25, 0.3) is 5.91 Å². The SMILES string of the molecule is COc1ccc(NC(=O)CNC(=O)c2ccccc2OC)c(OC)c1. The third-order valence-electron chi connectivity index (χ3n) is 3.44. The van der Waals surface area contributed by atoms with Crippen LogP contribution in [0.5, 0.6) is 17.2 Å². The number of para-hydroxylation sites is 1. The van der Waals surface area contributed by atoms with Gasteiger partial charge in [0.05, 0.1) is 39.1 Å². The Balaban J connectivity index is 1.98. The lowest BCUT2D eigenvalue weighted by molar-refractivity contribution is -0.115. The molecule has 0 spiro atoms. The van der Waals surface area contributed by atoms with Gasteiger partial charge in [0, 0.05) is 6.07 Å². The maximum absolute atomic E-state index is 12.2. The van der Waals surface area contributed by atoms with Crippen LogP contribution in [0.15, 0.2) is 42.5 Å².